The Balaban J connectivity index is 0.000000345. The number of likely N-dealkylation sites (tertiary alicyclic amines) is 1. The van der Waals surface area contributed by atoms with E-state index in [2.05, 4.69) is 27.7 Å². The summed E-state index contributed by atoms with van der Waals surface area (Å²) in [6.07, 6.45) is -5.08. The highest BCUT2D eigenvalue weighted by Gasteiger charge is 2.55. The Bertz CT molecular complexity index is 656. The minimum atomic E-state index is -5.08. The van der Waals surface area contributed by atoms with E-state index in [0.717, 1.165) is 19.6 Å². The van der Waals surface area contributed by atoms with Crippen LogP contribution in [0.2, 0.25) is 0 Å². The largest absolute Gasteiger partial charge is 0.490 e. The van der Waals surface area contributed by atoms with E-state index in [1.807, 2.05) is 0 Å². The number of carbonyl (C=O) groups excluding carboxylic acids is 1. The van der Waals surface area contributed by atoms with Gasteiger partial charge >= 0.3 is 12.1 Å². The summed E-state index contributed by atoms with van der Waals surface area (Å²) in [5.41, 5.74) is -0.370. The molecule has 11 heteroatoms. The van der Waals surface area contributed by atoms with Crippen molar-refractivity contribution in [1.29, 1.82) is 0 Å². The number of alkyl halides is 3. The average molecular weight is 424 g/mol. The summed E-state index contributed by atoms with van der Waals surface area (Å²) in [6, 6.07) is 4.23. The van der Waals surface area contributed by atoms with E-state index in [4.69, 9.17) is 19.4 Å². The summed E-state index contributed by atoms with van der Waals surface area (Å²) < 4.78 is 42.3. The molecule has 0 aliphatic carbocycles. The van der Waals surface area contributed by atoms with Gasteiger partial charge < -0.3 is 19.9 Å². The molecule has 1 aromatic heterocycles. The van der Waals surface area contributed by atoms with Crippen LogP contribution in [0.25, 0.3) is 0 Å². The lowest BCUT2D eigenvalue weighted by atomic mass is 9.80. The van der Waals surface area contributed by atoms with Crippen LogP contribution in [0.3, 0.4) is 0 Å². The predicted molar refractivity (Wildman–Crippen MR) is 94.9 cm³/mol. The molecule has 7 nitrogen and oxygen atoms in total. The zero-order valence-electron chi connectivity index (χ0n) is 15.3. The topological polar surface area (TPSA) is 88.1 Å². The fourth-order valence-electron chi connectivity index (χ4n) is 3.35. The average Bonchev–Trinajstić information content (AvgIpc) is 3.31. The van der Waals surface area contributed by atoms with Crippen LogP contribution >= 0.6 is 11.3 Å². The van der Waals surface area contributed by atoms with Crippen molar-refractivity contribution in [1.82, 2.24) is 10.2 Å². The summed E-state index contributed by atoms with van der Waals surface area (Å²) in [5, 5.41) is 12.2. The van der Waals surface area contributed by atoms with Crippen LogP contribution in [0.5, 0.6) is 0 Å². The molecule has 0 spiro atoms. The first-order chi connectivity index (χ1) is 13.2. The molecule has 0 radical (unpaired) electrons. The van der Waals surface area contributed by atoms with Crippen molar-refractivity contribution in [3.8, 4) is 0 Å². The van der Waals surface area contributed by atoms with Gasteiger partial charge in [0.2, 0.25) is 5.91 Å². The van der Waals surface area contributed by atoms with E-state index >= 15 is 0 Å². The third kappa shape index (κ3) is 5.66. The maximum Gasteiger partial charge on any atom is 0.490 e. The van der Waals surface area contributed by atoms with Crippen molar-refractivity contribution in [3.63, 3.8) is 0 Å². The molecule has 158 valence electrons. The van der Waals surface area contributed by atoms with Crippen molar-refractivity contribution in [2.24, 2.45) is 11.3 Å². The van der Waals surface area contributed by atoms with Crippen molar-refractivity contribution >= 4 is 23.2 Å². The molecule has 2 aliphatic rings. The fourth-order valence-corrected chi connectivity index (χ4v) is 4.09. The second kappa shape index (κ2) is 9.68. The lowest BCUT2D eigenvalue weighted by Crippen LogP contribution is -2.47. The van der Waals surface area contributed by atoms with Gasteiger partial charge in [-0.15, -0.1) is 11.3 Å². The van der Waals surface area contributed by atoms with E-state index in [-0.39, 0.29) is 11.3 Å². The summed E-state index contributed by atoms with van der Waals surface area (Å²) in [4.78, 5) is 25.2. The third-order valence-corrected chi connectivity index (χ3v) is 5.55. The van der Waals surface area contributed by atoms with Crippen LogP contribution in [0.15, 0.2) is 17.5 Å². The monoisotopic (exact) mass is 424 g/mol. The summed E-state index contributed by atoms with van der Waals surface area (Å²) in [7, 11) is 1.64. The summed E-state index contributed by atoms with van der Waals surface area (Å²) >= 11 is 1.77. The van der Waals surface area contributed by atoms with Crippen LogP contribution < -0.4 is 5.32 Å². The van der Waals surface area contributed by atoms with Crippen LogP contribution in [0.4, 0.5) is 13.2 Å². The Morgan fingerprint density at radius 3 is 2.79 bits per heavy atom. The van der Waals surface area contributed by atoms with Crippen molar-refractivity contribution in [3.05, 3.63) is 22.4 Å². The molecular formula is C17H23F3N2O5S. The molecule has 2 atom stereocenters. The smallest absolute Gasteiger partial charge is 0.475 e. The van der Waals surface area contributed by atoms with Gasteiger partial charge in [-0.05, 0) is 11.4 Å². The minimum absolute atomic E-state index is 0.121. The molecule has 1 aromatic rings. The van der Waals surface area contributed by atoms with Gasteiger partial charge in [0.25, 0.3) is 0 Å². The molecule has 0 unspecified atom stereocenters. The Kier molecular flexibility index (Phi) is 7.81. The number of halogens is 3. The molecule has 28 heavy (non-hydrogen) atoms. The van der Waals surface area contributed by atoms with Gasteiger partial charge in [-0.1, -0.05) is 6.07 Å². The van der Waals surface area contributed by atoms with E-state index < -0.39 is 12.1 Å². The number of carbonyl (C=O) groups is 2. The van der Waals surface area contributed by atoms with Gasteiger partial charge in [-0.25, -0.2) is 4.79 Å². The molecule has 3 heterocycles. The zero-order valence-corrected chi connectivity index (χ0v) is 16.1. The van der Waals surface area contributed by atoms with Gasteiger partial charge in [-0.2, -0.15) is 13.2 Å². The molecule has 2 saturated heterocycles. The number of ether oxygens (including phenoxy) is 2. The van der Waals surface area contributed by atoms with Gasteiger partial charge in [0, 0.05) is 44.1 Å². The number of nitrogens with zero attached hydrogens (tertiary/aromatic N) is 1. The van der Waals surface area contributed by atoms with Gasteiger partial charge in [0.15, 0.2) is 0 Å². The molecule has 3 rings (SSSR count). The Morgan fingerprint density at radius 2 is 2.21 bits per heavy atom. The van der Waals surface area contributed by atoms with E-state index in [1.54, 1.807) is 18.4 Å². The highest BCUT2D eigenvalue weighted by atomic mass is 32.1. The molecule has 0 aromatic carbocycles. The number of methoxy groups -OCH3 is 1. The molecule has 0 saturated carbocycles. The second-order valence-corrected chi connectivity index (χ2v) is 7.70. The Hall–Kier alpha value is -1.69. The van der Waals surface area contributed by atoms with Crippen molar-refractivity contribution in [2.75, 3.05) is 46.6 Å². The highest BCUT2D eigenvalue weighted by molar-refractivity contribution is 7.09. The van der Waals surface area contributed by atoms with Crippen LogP contribution in [-0.4, -0.2) is 74.6 Å². The number of fused-ring (bicyclic) bond motifs is 1. The molecule has 2 aliphatic heterocycles. The van der Waals surface area contributed by atoms with Crippen LogP contribution in [-0.2, 0) is 25.6 Å². The quantitative estimate of drug-likeness (QED) is 0.675. The van der Waals surface area contributed by atoms with E-state index in [9.17, 15) is 18.0 Å². The molecule has 1 amide bonds. The lowest BCUT2D eigenvalue weighted by Gasteiger charge is -2.26. The standard InChI is InChI=1S/C15H22N2O3S.C2HF3O2/c1-19-5-4-16-14(18)15-10-17(7-12(15)9-20-11-15)8-13-3-2-6-21-13;3-2(4,5)1(6)7/h2-3,6,12H,4-5,7-11H2,1H3,(H,16,18);(H,6,7)/t12-,15-;/m1./s1. The first-order valence-corrected chi connectivity index (χ1v) is 9.47. The SMILES string of the molecule is COCCNC(=O)[C@]12COC[C@H]1CN(Cc1cccs1)C2.O=C(O)C(F)(F)F. The number of rotatable bonds is 6. The first-order valence-electron chi connectivity index (χ1n) is 8.59. The number of aliphatic carboxylic acids is 1. The number of hydrogen-bond acceptors (Lipinski definition) is 6. The van der Waals surface area contributed by atoms with Crippen molar-refractivity contribution < 1.29 is 37.3 Å². The molecule has 2 N–H and O–H groups in total. The summed E-state index contributed by atoms with van der Waals surface area (Å²) in [6.45, 7) is 5.00. The first kappa shape index (κ1) is 22.6. The molecule has 0 bridgehead atoms. The van der Waals surface area contributed by atoms with Crippen LogP contribution in [0, 0.1) is 11.3 Å². The minimum Gasteiger partial charge on any atom is -0.475 e. The molecular weight excluding hydrogens is 401 g/mol. The van der Waals surface area contributed by atoms with Gasteiger partial charge in [0.05, 0.1) is 25.2 Å². The number of nitrogens with one attached hydrogen (secondary N) is 1. The van der Waals surface area contributed by atoms with Crippen LogP contribution in [0.1, 0.15) is 4.88 Å². The molecule has 2 fully saturated rings. The third-order valence-electron chi connectivity index (χ3n) is 4.69. The number of thiophene rings is 1. The maximum atomic E-state index is 12.6. The number of carboxylic acid groups (broad SMARTS) is 1. The Morgan fingerprint density at radius 1 is 1.50 bits per heavy atom. The summed E-state index contributed by atoms with van der Waals surface area (Å²) in [5.74, 6) is -2.33. The Labute approximate surface area is 164 Å². The maximum absolute atomic E-state index is 12.6. The number of carboxylic acids is 1. The normalized spacial score (nSPS) is 24.4. The van der Waals surface area contributed by atoms with Crippen molar-refractivity contribution in [2.45, 2.75) is 12.7 Å². The van der Waals surface area contributed by atoms with Gasteiger partial charge in [0.1, 0.15) is 0 Å². The van der Waals surface area contributed by atoms with Gasteiger partial charge in [-0.3, -0.25) is 9.69 Å². The van der Waals surface area contributed by atoms with E-state index in [1.165, 1.54) is 4.88 Å². The highest BCUT2D eigenvalue weighted by Crippen LogP contribution is 2.42. The zero-order chi connectivity index (χ0) is 20.8. The number of amides is 1. The predicted octanol–water partition coefficient (Wildman–Crippen LogP) is 1.59. The number of hydrogen-bond donors (Lipinski definition) is 2. The van der Waals surface area contributed by atoms with E-state index in [0.29, 0.717) is 32.3 Å². The lowest BCUT2D eigenvalue weighted by molar-refractivity contribution is -0.192. The fraction of sp³-hybridized carbons (Fsp3) is 0.647. The second-order valence-electron chi connectivity index (χ2n) is 6.67.